The van der Waals surface area contributed by atoms with Crippen LogP contribution in [0.3, 0.4) is 0 Å². The molecule has 1 heteroatoms. The second kappa shape index (κ2) is 5.69. The highest BCUT2D eigenvalue weighted by atomic mass is 19.1. The third kappa shape index (κ3) is 3.50. The molecule has 0 aliphatic rings. The van der Waals surface area contributed by atoms with Crippen LogP contribution in [0.15, 0.2) is 24.8 Å². The van der Waals surface area contributed by atoms with E-state index in [1.54, 1.807) is 6.07 Å². The fourth-order valence-electron chi connectivity index (χ4n) is 1.64. The molecule has 0 spiro atoms. The summed E-state index contributed by atoms with van der Waals surface area (Å²) in [6.45, 7) is 7.75. The Morgan fingerprint density at radius 2 is 2.07 bits per heavy atom. The van der Waals surface area contributed by atoms with Crippen molar-refractivity contribution in [3.63, 3.8) is 0 Å². The van der Waals surface area contributed by atoms with Crippen molar-refractivity contribution in [2.45, 2.75) is 39.5 Å². The molecule has 0 radical (unpaired) electrons. The number of unbranched alkanes of at least 4 members (excludes halogenated alkanes) is 2. The molecule has 1 aromatic carbocycles. The van der Waals surface area contributed by atoms with Crippen molar-refractivity contribution in [2.24, 2.45) is 0 Å². The third-order valence-corrected chi connectivity index (χ3v) is 2.56. The van der Waals surface area contributed by atoms with Crippen molar-refractivity contribution >= 4 is 5.57 Å². The fraction of sp³-hybridized carbons (Fsp3) is 0.429. The largest absolute Gasteiger partial charge is 0.206 e. The maximum Gasteiger partial charge on any atom is 0.130 e. The molecule has 0 heterocycles. The summed E-state index contributed by atoms with van der Waals surface area (Å²) in [6, 6.07) is 5.47. The van der Waals surface area contributed by atoms with E-state index in [0.29, 0.717) is 5.56 Å². The van der Waals surface area contributed by atoms with Gasteiger partial charge in [-0.3, -0.25) is 0 Å². The molecule has 0 N–H and O–H groups in total. The van der Waals surface area contributed by atoms with Gasteiger partial charge in [0.15, 0.2) is 0 Å². The number of hydrogen-bond acceptors (Lipinski definition) is 0. The molecule has 0 saturated carbocycles. The second-order valence-corrected chi connectivity index (χ2v) is 4.05. The highest BCUT2D eigenvalue weighted by Gasteiger charge is 2.03. The molecule has 0 bridgehead atoms. The molecular weight excluding hydrogens is 187 g/mol. The third-order valence-electron chi connectivity index (χ3n) is 2.56. The molecule has 0 saturated heterocycles. The number of aryl methyl sites for hydroxylation is 1. The number of hydrogen-bond donors (Lipinski definition) is 0. The standard InChI is InChI=1S/C14H19F/c1-4-5-6-7-12-8-9-13(11(2)3)14(15)10-12/h8-10H,2,4-7H2,1,3H3. The Balaban J connectivity index is 2.69. The number of allylic oxidation sites excluding steroid dienone is 1. The van der Waals surface area contributed by atoms with Crippen molar-refractivity contribution in [1.29, 1.82) is 0 Å². The van der Waals surface area contributed by atoms with Crippen molar-refractivity contribution in [2.75, 3.05) is 0 Å². The van der Waals surface area contributed by atoms with Crippen molar-refractivity contribution in [3.8, 4) is 0 Å². The van der Waals surface area contributed by atoms with Gasteiger partial charge in [0.2, 0.25) is 0 Å². The quantitative estimate of drug-likeness (QED) is 0.618. The first-order chi connectivity index (χ1) is 7.15. The van der Waals surface area contributed by atoms with Gasteiger partial charge in [-0.2, -0.15) is 0 Å². The van der Waals surface area contributed by atoms with Gasteiger partial charge in [-0.1, -0.05) is 38.5 Å². The monoisotopic (exact) mass is 206 g/mol. The summed E-state index contributed by atoms with van der Waals surface area (Å²) < 4.78 is 13.5. The van der Waals surface area contributed by atoms with E-state index in [1.165, 1.54) is 12.8 Å². The minimum absolute atomic E-state index is 0.142. The molecule has 0 aliphatic carbocycles. The maximum absolute atomic E-state index is 13.5. The summed E-state index contributed by atoms with van der Waals surface area (Å²) in [5.41, 5.74) is 2.51. The van der Waals surface area contributed by atoms with Crippen molar-refractivity contribution in [3.05, 3.63) is 41.7 Å². The van der Waals surface area contributed by atoms with Crippen LogP contribution in [0.5, 0.6) is 0 Å². The van der Waals surface area contributed by atoms with Gasteiger partial charge in [0, 0.05) is 5.56 Å². The second-order valence-electron chi connectivity index (χ2n) is 4.05. The molecule has 0 unspecified atom stereocenters. The summed E-state index contributed by atoms with van der Waals surface area (Å²) in [5.74, 6) is -0.142. The van der Waals surface area contributed by atoms with E-state index in [-0.39, 0.29) is 5.82 Å². The lowest BCUT2D eigenvalue weighted by molar-refractivity contribution is 0.619. The van der Waals surface area contributed by atoms with E-state index in [4.69, 9.17) is 0 Å². The maximum atomic E-state index is 13.5. The predicted molar refractivity (Wildman–Crippen MR) is 64.3 cm³/mol. The molecule has 82 valence electrons. The first kappa shape index (κ1) is 12.0. The molecule has 0 amide bonds. The van der Waals surface area contributed by atoms with Gasteiger partial charge in [-0.25, -0.2) is 4.39 Å². The average molecular weight is 206 g/mol. The molecular formula is C14H19F. The van der Waals surface area contributed by atoms with Gasteiger partial charge in [-0.05, 0) is 37.0 Å². The van der Waals surface area contributed by atoms with Crippen LogP contribution in [0.25, 0.3) is 5.57 Å². The van der Waals surface area contributed by atoms with Crippen LogP contribution < -0.4 is 0 Å². The van der Waals surface area contributed by atoms with E-state index >= 15 is 0 Å². The Hall–Kier alpha value is -1.11. The van der Waals surface area contributed by atoms with Crippen LogP contribution in [-0.4, -0.2) is 0 Å². The van der Waals surface area contributed by atoms with E-state index in [9.17, 15) is 4.39 Å². The van der Waals surface area contributed by atoms with Gasteiger partial charge in [0.1, 0.15) is 5.82 Å². The first-order valence-corrected chi connectivity index (χ1v) is 5.59. The van der Waals surface area contributed by atoms with Crippen LogP contribution in [0.1, 0.15) is 44.2 Å². The van der Waals surface area contributed by atoms with Gasteiger partial charge in [0.05, 0.1) is 0 Å². The lowest BCUT2D eigenvalue weighted by Crippen LogP contribution is -1.91. The SMILES string of the molecule is C=C(C)c1ccc(CCCCC)cc1F. The van der Waals surface area contributed by atoms with Crippen LogP contribution in [0.2, 0.25) is 0 Å². The zero-order valence-corrected chi connectivity index (χ0v) is 9.65. The van der Waals surface area contributed by atoms with Crippen LogP contribution >= 0.6 is 0 Å². The molecule has 0 aliphatic heterocycles. The number of halogens is 1. The zero-order chi connectivity index (χ0) is 11.3. The molecule has 15 heavy (non-hydrogen) atoms. The van der Waals surface area contributed by atoms with Crippen molar-refractivity contribution in [1.82, 2.24) is 0 Å². The van der Waals surface area contributed by atoms with Gasteiger partial charge < -0.3 is 0 Å². The van der Waals surface area contributed by atoms with Gasteiger partial charge in [-0.15, -0.1) is 0 Å². The van der Waals surface area contributed by atoms with Crippen LogP contribution in [0.4, 0.5) is 4.39 Å². The Morgan fingerprint density at radius 1 is 1.33 bits per heavy atom. The molecule has 0 fully saturated rings. The normalized spacial score (nSPS) is 10.3. The van der Waals surface area contributed by atoms with Crippen molar-refractivity contribution < 1.29 is 4.39 Å². The summed E-state index contributed by atoms with van der Waals surface area (Å²) in [4.78, 5) is 0. The first-order valence-electron chi connectivity index (χ1n) is 5.59. The highest BCUT2D eigenvalue weighted by molar-refractivity contribution is 5.62. The summed E-state index contributed by atoms with van der Waals surface area (Å²) >= 11 is 0. The minimum atomic E-state index is -0.142. The molecule has 1 aromatic rings. The lowest BCUT2D eigenvalue weighted by atomic mass is 10.0. The smallest absolute Gasteiger partial charge is 0.130 e. The van der Waals surface area contributed by atoms with E-state index in [0.717, 1.165) is 24.0 Å². The summed E-state index contributed by atoms with van der Waals surface area (Å²) in [5, 5.41) is 0. The number of rotatable bonds is 5. The van der Waals surface area contributed by atoms with E-state index in [1.807, 2.05) is 19.1 Å². The summed E-state index contributed by atoms with van der Waals surface area (Å²) in [7, 11) is 0. The van der Waals surface area contributed by atoms with Gasteiger partial charge >= 0.3 is 0 Å². The number of benzene rings is 1. The average Bonchev–Trinajstić information content (AvgIpc) is 2.17. The molecule has 0 nitrogen and oxygen atoms in total. The Kier molecular flexibility index (Phi) is 4.54. The van der Waals surface area contributed by atoms with E-state index < -0.39 is 0 Å². The lowest BCUT2D eigenvalue weighted by Gasteiger charge is -2.05. The fourth-order valence-corrected chi connectivity index (χ4v) is 1.64. The van der Waals surface area contributed by atoms with Crippen LogP contribution in [-0.2, 0) is 6.42 Å². The Labute approximate surface area is 91.8 Å². The summed E-state index contributed by atoms with van der Waals surface area (Å²) in [6.07, 6.45) is 4.53. The van der Waals surface area contributed by atoms with Gasteiger partial charge in [0.25, 0.3) is 0 Å². The van der Waals surface area contributed by atoms with E-state index in [2.05, 4.69) is 13.5 Å². The highest BCUT2D eigenvalue weighted by Crippen LogP contribution is 2.18. The Bertz CT molecular complexity index is 339. The predicted octanol–water partition coefficient (Wildman–Crippen LogP) is 4.59. The molecule has 0 aromatic heterocycles. The van der Waals surface area contributed by atoms with Crippen LogP contribution in [0, 0.1) is 5.82 Å². The molecule has 1 rings (SSSR count). The minimum Gasteiger partial charge on any atom is -0.206 e. The zero-order valence-electron chi connectivity index (χ0n) is 9.65. The Morgan fingerprint density at radius 3 is 2.60 bits per heavy atom. The molecule has 0 atom stereocenters. The topological polar surface area (TPSA) is 0 Å².